The Hall–Kier alpha value is -1.49. The number of hydrogen-bond acceptors (Lipinski definition) is 3. The summed E-state index contributed by atoms with van der Waals surface area (Å²) in [5, 5.41) is 6.84. The first-order chi connectivity index (χ1) is 7.09. The van der Waals surface area contributed by atoms with E-state index in [2.05, 4.69) is 15.2 Å². The fourth-order valence-electron chi connectivity index (χ4n) is 1.57. The molecule has 2 aromatic heterocycles. The summed E-state index contributed by atoms with van der Waals surface area (Å²) in [5.74, 6) is 0.841. The predicted octanol–water partition coefficient (Wildman–Crippen LogP) is 2.25. The first-order valence-corrected chi connectivity index (χ1v) is 5.09. The van der Waals surface area contributed by atoms with Gasteiger partial charge in [0.05, 0.1) is 11.4 Å². The second-order valence-electron chi connectivity index (χ2n) is 3.47. The van der Waals surface area contributed by atoms with E-state index in [-0.39, 0.29) is 0 Å². The Labute approximate surface area is 93.0 Å². The van der Waals surface area contributed by atoms with Gasteiger partial charge in [-0.25, -0.2) is 0 Å². The smallest absolute Gasteiger partial charge is 0.199 e. The molecule has 0 radical (unpaired) electrons. The normalized spacial score (nSPS) is 10.6. The Bertz CT molecular complexity index is 553. The SMILES string of the molecule is Cc1ccc(-n2c(C)n[nH]c2=S)c(C)n1. The number of pyridine rings is 1. The molecule has 78 valence electrons. The molecule has 4 nitrogen and oxygen atoms in total. The van der Waals surface area contributed by atoms with Crippen LogP contribution in [0.3, 0.4) is 0 Å². The van der Waals surface area contributed by atoms with E-state index in [1.807, 2.05) is 37.5 Å². The van der Waals surface area contributed by atoms with Crippen LogP contribution in [0, 0.1) is 25.5 Å². The molecular formula is C10H12N4S. The highest BCUT2D eigenvalue weighted by Gasteiger charge is 2.07. The van der Waals surface area contributed by atoms with Gasteiger partial charge in [-0.3, -0.25) is 14.6 Å². The number of hydrogen-bond donors (Lipinski definition) is 1. The van der Waals surface area contributed by atoms with Gasteiger partial charge in [-0.2, -0.15) is 5.10 Å². The maximum absolute atomic E-state index is 5.16. The summed E-state index contributed by atoms with van der Waals surface area (Å²) in [5.41, 5.74) is 2.94. The van der Waals surface area contributed by atoms with Gasteiger partial charge in [0.15, 0.2) is 4.77 Å². The second kappa shape index (κ2) is 3.58. The number of H-pyrrole nitrogens is 1. The molecule has 5 heteroatoms. The number of aromatic nitrogens is 4. The van der Waals surface area contributed by atoms with Crippen molar-refractivity contribution in [1.82, 2.24) is 19.7 Å². The lowest BCUT2D eigenvalue weighted by Gasteiger charge is -2.07. The molecule has 1 N–H and O–H groups in total. The molecule has 0 aromatic carbocycles. The summed E-state index contributed by atoms with van der Waals surface area (Å²) in [7, 11) is 0. The quantitative estimate of drug-likeness (QED) is 0.750. The molecule has 0 unspecified atom stereocenters. The summed E-state index contributed by atoms with van der Waals surface area (Å²) in [4.78, 5) is 4.40. The molecule has 0 aliphatic heterocycles. The summed E-state index contributed by atoms with van der Waals surface area (Å²) in [6.45, 7) is 5.85. The lowest BCUT2D eigenvalue weighted by atomic mass is 10.2. The second-order valence-corrected chi connectivity index (χ2v) is 3.86. The Morgan fingerprint density at radius 1 is 1.27 bits per heavy atom. The van der Waals surface area contributed by atoms with Crippen LogP contribution in [0.1, 0.15) is 17.2 Å². The van der Waals surface area contributed by atoms with E-state index in [4.69, 9.17) is 12.2 Å². The number of rotatable bonds is 1. The molecule has 2 rings (SSSR count). The molecule has 0 amide bonds. The van der Waals surface area contributed by atoms with Crippen molar-refractivity contribution >= 4 is 12.2 Å². The summed E-state index contributed by atoms with van der Waals surface area (Å²) >= 11 is 5.16. The van der Waals surface area contributed by atoms with Crippen molar-refractivity contribution in [2.75, 3.05) is 0 Å². The zero-order chi connectivity index (χ0) is 11.0. The van der Waals surface area contributed by atoms with Gasteiger partial charge in [-0.05, 0) is 45.1 Å². The van der Waals surface area contributed by atoms with Crippen LogP contribution in [0.25, 0.3) is 5.69 Å². The largest absolute Gasteiger partial charge is 0.271 e. The van der Waals surface area contributed by atoms with Crippen LogP contribution in [0.4, 0.5) is 0 Å². The van der Waals surface area contributed by atoms with Crippen molar-refractivity contribution < 1.29 is 0 Å². The lowest BCUT2D eigenvalue weighted by Crippen LogP contribution is -2.02. The van der Waals surface area contributed by atoms with Crippen molar-refractivity contribution in [2.45, 2.75) is 20.8 Å². The van der Waals surface area contributed by atoms with Crippen LogP contribution in [0.2, 0.25) is 0 Å². The van der Waals surface area contributed by atoms with Gasteiger partial charge in [0.1, 0.15) is 5.82 Å². The van der Waals surface area contributed by atoms with E-state index in [1.54, 1.807) is 0 Å². The number of aromatic amines is 1. The molecule has 0 aliphatic carbocycles. The van der Waals surface area contributed by atoms with Gasteiger partial charge < -0.3 is 0 Å². The Morgan fingerprint density at radius 3 is 2.53 bits per heavy atom. The highest BCUT2D eigenvalue weighted by Crippen LogP contribution is 2.14. The molecule has 0 saturated heterocycles. The molecule has 15 heavy (non-hydrogen) atoms. The van der Waals surface area contributed by atoms with Gasteiger partial charge in [0, 0.05) is 5.69 Å². The van der Waals surface area contributed by atoms with Crippen molar-refractivity contribution in [3.8, 4) is 5.69 Å². The zero-order valence-electron chi connectivity index (χ0n) is 8.90. The van der Waals surface area contributed by atoms with E-state index < -0.39 is 0 Å². The molecular weight excluding hydrogens is 208 g/mol. The average molecular weight is 220 g/mol. The zero-order valence-corrected chi connectivity index (χ0v) is 9.72. The maximum atomic E-state index is 5.16. The molecule has 0 fully saturated rings. The Kier molecular flexibility index (Phi) is 2.40. The molecule has 2 aromatic rings. The van der Waals surface area contributed by atoms with Crippen LogP contribution in [-0.4, -0.2) is 19.7 Å². The van der Waals surface area contributed by atoms with E-state index in [0.717, 1.165) is 22.9 Å². The number of nitrogens with one attached hydrogen (secondary N) is 1. The third-order valence-corrected chi connectivity index (χ3v) is 2.55. The third kappa shape index (κ3) is 1.70. The summed E-state index contributed by atoms with van der Waals surface area (Å²) in [6, 6.07) is 3.98. The van der Waals surface area contributed by atoms with E-state index in [0.29, 0.717) is 4.77 Å². The van der Waals surface area contributed by atoms with Crippen LogP contribution < -0.4 is 0 Å². The molecule has 2 heterocycles. The first-order valence-electron chi connectivity index (χ1n) is 4.68. The molecule has 0 spiro atoms. The number of aryl methyl sites for hydroxylation is 3. The third-order valence-electron chi connectivity index (χ3n) is 2.28. The fraction of sp³-hybridized carbons (Fsp3) is 0.300. The van der Waals surface area contributed by atoms with Gasteiger partial charge >= 0.3 is 0 Å². The minimum absolute atomic E-state index is 0.598. The van der Waals surface area contributed by atoms with Crippen LogP contribution in [0.5, 0.6) is 0 Å². The molecule has 0 saturated carbocycles. The minimum atomic E-state index is 0.598. The van der Waals surface area contributed by atoms with Gasteiger partial charge in [-0.1, -0.05) is 0 Å². The lowest BCUT2D eigenvalue weighted by molar-refractivity contribution is 0.931. The highest BCUT2D eigenvalue weighted by molar-refractivity contribution is 7.71. The topological polar surface area (TPSA) is 46.5 Å². The van der Waals surface area contributed by atoms with Crippen molar-refractivity contribution in [3.05, 3.63) is 34.1 Å². The average Bonchev–Trinajstić information content (AvgIpc) is 2.48. The van der Waals surface area contributed by atoms with Crippen molar-refractivity contribution in [1.29, 1.82) is 0 Å². The first kappa shape index (κ1) is 10.0. The van der Waals surface area contributed by atoms with Crippen molar-refractivity contribution in [2.24, 2.45) is 0 Å². The summed E-state index contributed by atoms with van der Waals surface area (Å²) in [6.07, 6.45) is 0. The van der Waals surface area contributed by atoms with Gasteiger partial charge in [-0.15, -0.1) is 0 Å². The van der Waals surface area contributed by atoms with Crippen molar-refractivity contribution in [3.63, 3.8) is 0 Å². The minimum Gasteiger partial charge on any atom is -0.271 e. The van der Waals surface area contributed by atoms with Gasteiger partial charge in [0.25, 0.3) is 0 Å². The maximum Gasteiger partial charge on any atom is 0.199 e. The molecule has 0 bridgehead atoms. The summed E-state index contributed by atoms with van der Waals surface area (Å²) < 4.78 is 2.48. The van der Waals surface area contributed by atoms with E-state index >= 15 is 0 Å². The fourth-order valence-corrected chi connectivity index (χ4v) is 1.85. The van der Waals surface area contributed by atoms with Crippen LogP contribution >= 0.6 is 12.2 Å². The van der Waals surface area contributed by atoms with E-state index in [1.165, 1.54) is 0 Å². The van der Waals surface area contributed by atoms with E-state index in [9.17, 15) is 0 Å². The van der Waals surface area contributed by atoms with Crippen LogP contribution in [-0.2, 0) is 0 Å². The van der Waals surface area contributed by atoms with Gasteiger partial charge in [0.2, 0.25) is 0 Å². The molecule has 0 aliphatic rings. The monoisotopic (exact) mass is 220 g/mol. The Balaban J connectivity index is 2.69. The highest BCUT2D eigenvalue weighted by atomic mass is 32.1. The van der Waals surface area contributed by atoms with Crippen LogP contribution in [0.15, 0.2) is 12.1 Å². The Morgan fingerprint density at radius 2 is 2.00 bits per heavy atom. The number of nitrogens with zero attached hydrogens (tertiary/aromatic N) is 3. The standard InChI is InChI=1S/C10H12N4S/c1-6-4-5-9(7(2)11-6)14-8(3)12-13-10(14)15/h4-5H,1-3H3,(H,13,15). The molecule has 0 atom stereocenters. The predicted molar refractivity (Wildman–Crippen MR) is 60.8 cm³/mol.